The molecule has 2 saturated heterocycles. The van der Waals surface area contributed by atoms with Gasteiger partial charge in [0.25, 0.3) is 5.91 Å². The molecule has 0 saturated carbocycles. The largest absolute Gasteiger partial charge is 0.495 e. The molecule has 2 heterocycles. The van der Waals surface area contributed by atoms with E-state index in [0.717, 1.165) is 6.42 Å². The first-order valence-electron chi connectivity index (χ1n) is 9.06. The summed E-state index contributed by atoms with van der Waals surface area (Å²) in [5.74, 6) is 0.0412. The number of nitrogens with two attached hydrogens (primary N) is 1. The average Bonchev–Trinajstić information content (AvgIpc) is 3.10. The van der Waals surface area contributed by atoms with Crippen LogP contribution in [-0.4, -0.2) is 76.6 Å². The van der Waals surface area contributed by atoms with Crippen molar-refractivity contribution in [3.8, 4) is 5.75 Å². The molecule has 150 valence electrons. The van der Waals surface area contributed by atoms with Crippen LogP contribution < -0.4 is 10.5 Å². The average molecular weight is 397 g/mol. The van der Waals surface area contributed by atoms with E-state index in [9.17, 15) is 13.2 Å². The molecule has 1 aromatic rings. The van der Waals surface area contributed by atoms with Gasteiger partial charge in [-0.25, -0.2) is 8.42 Å². The van der Waals surface area contributed by atoms with Gasteiger partial charge in [0.2, 0.25) is 10.0 Å². The molecule has 1 atom stereocenters. The molecular weight excluding hydrogens is 370 g/mol. The maximum absolute atomic E-state index is 13.1. The molecular formula is C18H27N3O5S. The first-order valence-corrected chi connectivity index (χ1v) is 10.5. The van der Waals surface area contributed by atoms with E-state index in [1.165, 1.54) is 17.5 Å². The molecule has 1 aromatic carbocycles. The number of ether oxygens (including phenoxy) is 2. The number of morpholine rings is 1. The normalized spacial score (nSPS) is 24.2. The lowest BCUT2D eigenvalue weighted by Gasteiger charge is -2.27. The molecule has 0 aromatic heterocycles. The second kappa shape index (κ2) is 7.75. The molecule has 3 rings (SSSR count). The molecule has 2 aliphatic rings. The number of carbonyl (C=O) groups excluding carboxylic acids is 1. The minimum Gasteiger partial charge on any atom is -0.495 e. The Hall–Kier alpha value is -1.68. The van der Waals surface area contributed by atoms with Crippen molar-refractivity contribution in [3.63, 3.8) is 0 Å². The van der Waals surface area contributed by atoms with E-state index in [-0.39, 0.29) is 35.1 Å². The van der Waals surface area contributed by atoms with Crippen LogP contribution in [-0.2, 0) is 14.8 Å². The van der Waals surface area contributed by atoms with Gasteiger partial charge in [0.1, 0.15) is 10.6 Å². The fourth-order valence-corrected chi connectivity index (χ4v) is 5.07. The van der Waals surface area contributed by atoms with E-state index in [1.807, 2.05) is 0 Å². The zero-order valence-corrected chi connectivity index (χ0v) is 16.6. The topological polar surface area (TPSA) is 102 Å². The van der Waals surface area contributed by atoms with Crippen molar-refractivity contribution in [1.29, 1.82) is 0 Å². The van der Waals surface area contributed by atoms with Crippen molar-refractivity contribution in [3.05, 3.63) is 23.8 Å². The summed E-state index contributed by atoms with van der Waals surface area (Å²) in [5.41, 5.74) is 6.07. The van der Waals surface area contributed by atoms with Gasteiger partial charge < -0.3 is 20.1 Å². The zero-order valence-electron chi connectivity index (χ0n) is 15.8. The summed E-state index contributed by atoms with van der Waals surface area (Å²) in [6.07, 6.45) is 0.838. The van der Waals surface area contributed by atoms with Crippen LogP contribution in [0.15, 0.2) is 23.1 Å². The van der Waals surface area contributed by atoms with Crippen molar-refractivity contribution in [2.45, 2.75) is 18.2 Å². The van der Waals surface area contributed by atoms with Crippen LogP contribution in [0.25, 0.3) is 0 Å². The predicted molar refractivity (Wildman–Crippen MR) is 100 cm³/mol. The highest BCUT2D eigenvalue weighted by Crippen LogP contribution is 2.32. The van der Waals surface area contributed by atoms with Crippen LogP contribution >= 0.6 is 0 Å². The molecule has 0 bridgehead atoms. The summed E-state index contributed by atoms with van der Waals surface area (Å²) in [6.45, 7) is 5.02. The summed E-state index contributed by atoms with van der Waals surface area (Å²) in [4.78, 5) is 14.7. The molecule has 1 amide bonds. The van der Waals surface area contributed by atoms with Gasteiger partial charge in [-0.1, -0.05) is 6.92 Å². The summed E-state index contributed by atoms with van der Waals surface area (Å²) in [6, 6.07) is 4.57. The van der Waals surface area contributed by atoms with Crippen molar-refractivity contribution in [2.75, 3.05) is 53.0 Å². The Bertz CT molecular complexity index is 807. The van der Waals surface area contributed by atoms with Crippen LogP contribution in [0.1, 0.15) is 23.7 Å². The number of amides is 1. The van der Waals surface area contributed by atoms with E-state index in [1.54, 1.807) is 17.0 Å². The quantitative estimate of drug-likeness (QED) is 0.777. The molecule has 0 spiro atoms. The Morgan fingerprint density at radius 2 is 2.00 bits per heavy atom. The third kappa shape index (κ3) is 3.96. The van der Waals surface area contributed by atoms with Crippen LogP contribution in [0.3, 0.4) is 0 Å². The lowest BCUT2D eigenvalue weighted by Crippen LogP contribution is -2.40. The molecule has 2 aliphatic heterocycles. The maximum Gasteiger partial charge on any atom is 0.253 e. The Balaban J connectivity index is 1.91. The second-order valence-corrected chi connectivity index (χ2v) is 9.28. The highest BCUT2D eigenvalue weighted by Gasteiger charge is 2.36. The van der Waals surface area contributed by atoms with Gasteiger partial charge in [0.15, 0.2) is 0 Å². The third-order valence-corrected chi connectivity index (χ3v) is 7.26. The van der Waals surface area contributed by atoms with E-state index < -0.39 is 10.0 Å². The molecule has 8 nitrogen and oxygen atoms in total. The van der Waals surface area contributed by atoms with E-state index in [0.29, 0.717) is 38.4 Å². The highest BCUT2D eigenvalue weighted by atomic mass is 32.2. The lowest BCUT2D eigenvalue weighted by molar-refractivity contribution is 0.0729. The Morgan fingerprint density at radius 3 is 2.59 bits per heavy atom. The molecule has 9 heteroatoms. The van der Waals surface area contributed by atoms with E-state index in [4.69, 9.17) is 15.2 Å². The number of benzene rings is 1. The van der Waals surface area contributed by atoms with E-state index in [2.05, 4.69) is 6.92 Å². The summed E-state index contributed by atoms with van der Waals surface area (Å²) in [7, 11) is -2.36. The third-order valence-electron chi connectivity index (χ3n) is 5.34. The lowest BCUT2D eigenvalue weighted by atomic mass is 9.90. The van der Waals surface area contributed by atoms with Crippen LogP contribution in [0, 0.1) is 5.41 Å². The fourth-order valence-electron chi connectivity index (χ4n) is 3.48. The predicted octanol–water partition coefficient (Wildman–Crippen LogP) is 0.527. The maximum atomic E-state index is 13.1. The van der Waals surface area contributed by atoms with Crippen LogP contribution in [0.4, 0.5) is 0 Å². The number of hydrogen-bond acceptors (Lipinski definition) is 6. The van der Waals surface area contributed by atoms with E-state index >= 15 is 0 Å². The summed E-state index contributed by atoms with van der Waals surface area (Å²) >= 11 is 0. The zero-order chi connectivity index (χ0) is 19.7. The smallest absolute Gasteiger partial charge is 0.253 e. The minimum absolute atomic E-state index is 0.0125. The summed E-state index contributed by atoms with van der Waals surface area (Å²) < 4.78 is 38.0. The van der Waals surface area contributed by atoms with Crippen molar-refractivity contribution < 1.29 is 22.7 Å². The monoisotopic (exact) mass is 397 g/mol. The Morgan fingerprint density at radius 1 is 1.30 bits per heavy atom. The van der Waals surface area contributed by atoms with Crippen LogP contribution in [0.5, 0.6) is 5.75 Å². The second-order valence-electron chi connectivity index (χ2n) is 7.37. The first kappa shape index (κ1) is 20.1. The highest BCUT2D eigenvalue weighted by molar-refractivity contribution is 7.89. The molecule has 2 fully saturated rings. The number of nitrogens with zero attached hydrogens (tertiary/aromatic N) is 2. The number of sulfonamides is 1. The van der Waals surface area contributed by atoms with Crippen molar-refractivity contribution >= 4 is 15.9 Å². The van der Waals surface area contributed by atoms with Gasteiger partial charge >= 0.3 is 0 Å². The summed E-state index contributed by atoms with van der Waals surface area (Å²) in [5, 5.41) is 0. The number of carbonyl (C=O) groups is 1. The number of methoxy groups -OCH3 is 1. The van der Waals surface area contributed by atoms with Gasteiger partial charge in [-0.15, -0.1) is 0 Å². The first-order chi connectivity index (χ1) is 12.8. The van der Waals surface area contributed by atoms with Gasteiger partial charge in [0, 0.05) is 31.7 Å². The number of rotatable bonds is 5. The minimum atomic E-state index is -3.77. The SMILES string of the molecule is COc1ccc(C(=O)N2CCC(C)(CN)C2)cc1S(=O)(=O)N1CCOCC1. The van der Waals surface area contributed by atoms with Crippen molar-refractivity contribution in [2.24, 2.45) is 11.1 Å². The van der Waals surface area contributed by atoms with Crippen LogP contribution in [0.2, 0.25) is 0 Å². The number of hydrogen-bond donors (Lipinski definition) is 1. The molecule has 0 radical (unpaired) electrons. The molecule has 1 unspecified atom stereocenters. The van der Waals surface area contributed by atoms with Gasteiger partial charge in [0.05, 0.1) is 20.3 Å². The Labute approximate surface area is 160 Å². The Kier molecular flexibility index (Phi) is 5.76. The fraction of sp³-hybridized carbons (Fsp3) is 0.611. The molecule has 2 N–H and O–H groups in total. The number of likely N-dealkylation sites (tertiary alicyclic amines) is 1. The molecule has 27 heavy (non-hydrogen) atoms. The molecule has 0 aliphatic carbocycles. The standard InChI is InChI=1S/C18H27N3O5S/c1-18(12-19)5-6-20(13-18)17(22)14-3-4-15(25-2)16(11-14)27(23,24)21-7-9-26-10-8-21/h3-4,11H,5-10,12-13,19H2,1-2H3. The van der Waals surface area contributed by atoms with Gasteiger partial charge in [-0.05, 0) is 36.6 Å². The van der Waals surface area contributed by atoms with Gasteiger partial charge in [-0.2, -0.15) is 4.31 Å². The van der Waals surface area contributed by atoms with Gasteiger partial charge in [-0.3, -0.25) is 4.79 Å². The van der Waals surface area contributed by atoms with Crippen molar-refractivity contribution in [1.82, 2.24) is 9.21 Å².